The summed E-state index contributed by atoms with van der Waals surface area (Å²) in [6.45, 7) is 9.31. The summed E-state index contributed by atoms with van der Waals surface area (Å²) in [7, 11) is 1.87. The van der Waals surface area contributed by atoms with Crippen LogP contribution in [0.2, 0.25) is 0 Å². The number of likely N-dealkylation sites (N-methyl/N-ethyl adjacent to an activating group) is 2. The maximum Gasteiger partial charge on any atom is 0.0791 e. The van der Waals surface area contributed by atoms with Crippen molar-refractivity contribution in [1.29, 1.82) is 0 Å². The van der Waals surface area contributed by atoms with Gasteiger partial charge in [0.2, 0.25) is 0 Å². The average Bonchev–Trinajstić information content (AvgIpc) is 2.19. The first-order valence-electron chi connectivity index (χ1n) is 5.53. The van der Waals surface area contributed by atoms with Gasteiger partial charge >= 0.3 is 0 Å². The predicted molar refractivity (Wildman–Crippen MR) is 58.5 cm³/mol. The molecule has 1 aliphatic rings. The van der Waals surface area contributed by atoms with Crippen molar-refractivity contribution in [2.45, 2.75) is 13.0 Å². The van der Waals surface area contributed by atoms with Crippen molar-refractivity contribution >= 4 is 0 Å². The SMILES string of the molecule is CCN1CCN(CC(O)CNC)CC1. The van der Waals surface area contributed by atoms with Gasteiger partial charge in [0.1, 0.15) is 0 Å². The Morgan fingerprint density at radius 1 is 1.21 bits per heavy atom. The average molecular weight is 201 g/mol. The van der Waals surface area contributed by atoms with Crippen LogP contribution >= 0.6 is 0 Å². The number of rotatable bonds is 5. The monoisotopic (exact) mass is 201 g/mol. The molecule has 1 heterocycles. The highest BCUT2D eigenvalue weighted by molar-refractivity contribution is 4.73. The Balaban J connectivity index is 2.15. The van der Waals surface area contributed by atoms with Crippen molar-refractivity contribution in [3.05, 3.63) is 0 Å². The lowest BCUT2D eigenvalue weighted by Crippen LogP contribution is -2.49. The quantitative estimate of drug-likeness (QED) is 0.611. The highest BCUT2D eigenvalue weighted by Crippen LogP contribution is 2.01. The third-order valence-corrected chi connectivity index (χ3v) is 2.82. The zero-order valence-electron chi connectivity index (χ0n) is 9.37. The van der Waals surface area contributed by atoms with Crippen molar-refractivity contribution < 1.29 is 5.11 Å². The second kappa shape index (κ2) is 6.35. The first kappa shape index (κ1) is 11.9. The fourth-order valence-electron chi connectivity index (χ4n) is 1.89. The molecule has 1 unspecified atom stereocenters. The molecule has 0 saturated carbocycles. The zero-order valence-corrected chi connectivity index (χ0v) is 9.37. The van der Waals surface area contributed by atoms with E-state index < -0.39 is 0 Å². The summed E-state index contributed by atoms with van der Waals surface area (Å²) in [6, 6.07) is 0. The topological polar surface area (TPSA) is 38.7 Å². The Morgan fingerprint density at radius 3 is 2.29 bits per heavy atom. The minimum Gasteiger partial charge on any atom is -0.390 e. The first-order valence-corrected chi connectivity index (χ1v) is 5.53. The van der Waals surface area contributed by atoms with E-state index in [0.717, 1.165) is 39.3 Å². The molecular formula is C10H23N3O. The standard InChI is InChI=1S/C10H23N3O/c1-3-12-4-6-13(7-5-12)9-10(14)8-11-2/h10-11,14H,3-9H2,1-2H3. The number of nitrogens with one attached hydrogen (secondary N) is 1. The van der Waals surface area contributed by atoms with E-state index in [9.17, 15) is 5.11 Å². The Kier molecular flexibility index (Phi) is 5.40. The van der Waals surface area contributed by atoms with Crippen LogP contribution in [0.3, 0.4) is 0 Å². The van der Waals surface area contributed by atoms with Gasteiger partial charge in [0.05, 0.1) is 6.10 Å². The van der Waals surface area contributed by atoms with Gasteiger partial charge in [-0.1, -0.05) is 6.92 Å². The minimum atomic E-state index is -0.229. The van der Waals surface area contributed by atoms with E-state index in [1.54, 1.807) is 0 Å². The van der Waals surface area contributed by atoms with Crippen LogP contribution in [0.1, 0.15) is 6.92 Å². The number of hydrogen-bond acceptors (Lipinski definition) is 4. The molecule has 1 fully saturated rings. The van der Waals surface area contributed by atoms with Crippen molar-refractivity contribution in [1.82, 2.24) is 15.1 Å². The maximum atomic E-state index is 9.61. The highest BCUT2D eigenvalue weighted by Gasteiger charge is 2.17. The van der Waals surface area contributed by atoms with Crippen molar-refractivity contribution in [2.75, 3.05) is 52.9 Å². The number of aliphatic hydroxyl groups excluding tert-OH is 1. The number of β-amino-alcohol motifs (C(OH)–C–C–N with tert-alkyl or cyclic N) is 1. The largest absolute Gasteiger partial charge is 0.390 e. The van der Waals surface area contributed by atoms with Gasteiger partial charge in [0.15, 0.2) is 0 Å². The van der Waals surface area contributed by atoms with Gasteiger partial charge < -0.3 is 15.3 Å². The van der Waals surface area contributed by atoms with E-state index in [0.29, 0.717) is 6.54 Å². The van der Waals surface area contributed by atoms with E-state index in [2.05, 4.69) is 22.0 Å². The van der Waals surface area contributed by atoms with Crippen LogP contribution in [0, 0.1) is 0 Å². The van der Waals surface area contributed by atoms with Gasteiger partial charge in [-0.25, -0.2) is 0 Å². The lowest BCUT2D eigenvalue weighted by molar-refractivity contribution is 0.0752. The molecule has 84 valence electrons. The van der Waals surface area contributed by atoms with Gasteiger partial charge in [-0.3, -0.25) is 4.90 Å². The summed E-state index contributed by atoms with van der Waals surface area (Å²) < 4.78 is 0. The molecule has 0 spiro atoms. The van der Waals surface area contributed by atoms with Crippen LogP contribution in [0.15, 0.2) is 0 Å². The number of aliphatic hydroxyl groups is 1. The first-order chi connectivity index (χ1) is 6.76. The number of nitrogens with zero attached hydrogens (tertiary/aromatic N) is 2. The summed E-state index contributed by atoms with van der Waals surface area (Å²) in [5.74, 6) is 0. The summed E-state index contributed by atoms with van der Waals surface area (Å²) in [6.07, 6.45) is -0.229. The molecule has 14 heavy (non-hydrogen) atoms. The predicted octanol–water partition coefficient (Wildman–Crippen LogP) is -0.796. The Hall–Kier alpha value is -0.160. The Labute approximate surface area is 86.9 Å². The second-order valence-corrected chi connectivity index (χ2v) is 3.95. The number of piperazine rings is 1. The zero-order chi connectivity index (χ0) is 10.4. The summed E-state index contributed by atoms with van der Waals surface area (Å²) in [5.41, 5.74) is 0. The van der Waals surface area contributed by atoms with Crippen molar-refractivity contribution in [2.24, 2.45) is 0 Å². The fourth-order valence-corrected chi connectivity index (χ4v) is 1.89. The van der Waals surface area contributed by atoms with Crippen LogP contribution in [0.25, 0.3) is 0 Å². The van der Waals surface area contributed by atoms with Gasteiger partial charge in [-0.2, -0.15) is 0 Å². The van der Waals surface area contributed by atoms with Gasteiger partial charge in [0.25, 0.3) is 0 Å². The minimum absolute atomic E-state index is 0.229. The Bertz CT molecular complexity index is 146. The molecule has 0 aromatic heterocycles. The van der Waals surface area contributed by atoms with Crippen LogP contribution in [0.5, 0.6) is 0 Å². The highest BCUT2D eigenvalue weighted by atomic mass is 16.3. The lowest BCUT2D eigenvalue weighted by atomic mass is 10.2. The van der Waals surface area contributed by atoms with Gasteiger partial charge in [-0.15, -0.1) is 0 Å². The van der Waals surface area contributed by atoms with E-state index >= 15 is 0 Å². The molecule has 0 aromatic rings. The fraction of sp³-hybridized carbons (Fsp3) is 1.00. The van der Waals surface area contributed by atoms with E-state index in [1.807, 2.05) is 7.05 Å². The van der Waals surface area contributed by atoms with E-state index in [1.165, 1.54) is 0 Å². The molecule has 0 radical (unpaired) electrons. The van der Waals surface area contributed by atoms with Crippen LogP contribution in [-0.4, -0.2) is 73.9 Å². The molecule has 2 N–H and O–H groups in total. The molecule has 0 aromatic carbocycles. The molecule has 0 bridgehead atoms. The normalized spacial score (nSPS) is 22.5. The van der Waals surface area contributed by atoms with Crippen LogP contribution < -0.4 is 5.32 Å². The molecule has 0 aliphatic carbocycles. The van der Waals surface area contributed by atoms with E-state index in [4.69, 9.17) is 0 Å². The van der Waals surface area contributed by atoms with Gasteiger partial charge in [0, 0.05) is 39.3 Å². The van der Waals surface area contributed by atoms with Crippen LogP contribution in [-0.2, 0) is 0 Å². The van der Waals surface area contributed by atoms with Crippen molar-refractivity contribution in [3.8, 4) is 0 Å². The smallest absolute Gasteiger partial charge is 0.0791 e. The summed E-state index contributed by atoms with van der Waals surface area (Å²) in [5, 5.41) is 12.6. The van der Waals surface area contributed by atoms with Crippen molar-refractivity contribution in [3.63, 3.8) is 0 Å². The lowest BCUT2D eigenvalue weighted by Gasteiger charge is -2.34. The van der Waals surface area contributed by atoms with Crippen LogP contribution in [0.4, 0.5) is 0 Å². The van der Waals surface area contributed by atoms with Gasteiger partial charge in [-0.05, 0) is 13.6 Å². The third-order valence-electron chi connectivity index (χ3n) is 2.82. The molecule has 1 rings (SSSR count). The molecule has 0 amide bonds. The third kappa shape index (κ3) is 3.92. The maximum absolute atomic E-state index is 9.61. The molecule has 1 aliphatic heterocycles. The number of hydrogen-bond donors (Lipinski definition) is 2. The summed E-state index contributed by atoms with van der Waals surface area (Å²) in [4.78, 5) is 4.79. The molecule has 4 heteroatoms. The second-order valence-electron chi connectivity index (χ2n) is 3.95. The molecule has 1 saturated heterocycles. The Morgan fingerprint density at radius 2 is 1.79 bits per heavy atom. The summed E-state index contributed by atoms with van der Waals surface area (Å²) >= 11 is 0. The molecular weight excluding hydrogens is 178 g/mol. The van der Waals surface area contributed by atoms with E-state index in [-0.39, 0.29) is 6.10 Å². The molecule has 4 nitrogen and oxygen atoms in total. The molecule has 1 atom stereocenters.